The molecule has 1 fully saturated rings. The number of esters is 1. The molecule has 0 aliphatic heterocycles. The number of carbonyl (C=O) groups excluding carboxylic acids is 1. The number of hydrogen-bond acceptors (Lipinski definition) is 2. The second-order valence-corrected chi connectivity index (χ2v) is 3.34. The molecule has 0 aromatic carbocycles. The van der Waals surface area contributed by atoms with Gasteiger partial charge in [-0.05, 0) is 6.92 Å². The van der Waals surface area contributed by atoms with Gasteiger partial charge in [-0.1, -0.05) is 18.7 Å². The second-order valence-electron chi connectivity index (χ2n) is 3.34. The fourth-order valence-electron chi connectivity index (χ4n) is 1.68. The molecule has 1 saturated carbocycles. The van der Waals surface area contributed by atoms with E-state index in [1.165, 1.54) is 6.92 Å². The average molecular weight is 234 g/mol. The molecule has 76 valence electrons. The van der Waals surface area contributed by atoms with Crippen molar-refractivity contribution in [3.63, 3.8) is 0 Å². The Morgan fingerprint density at radius 2 is 1.93 bits per heavy atom. The van der Waals surface area contributed by atoms with E-state index in [2.05, 4.69) is 4.74 Å². The van der Waals surface area contributed by atoms with Crippen LogP contribution in [0, 0.1) is 11.8 Å². The molecule has 0 aromatic rings. The molecule has 7 heteroatoms. The first-order valence-corrected chi connectivity index (χ1v) is 4.26. The van der Waals surface area contributed by atoms with E-state index in [0.717, 1.165) is 0 Å². The van der Waals surface area contributed by atoms with Crippen LogP contribution in [-0.4, -0.2) is 19.6 Å². The van der Waals surface area contributed by atoms with Gasteiger partial charge in [0.2, 0.25) is 0 Å². The Hall–Kier alpha value is 0.961. The Labute approximate surface area is 123 Å². The quantitative estimate of drug-likeness (QED) is 0.464. The maximum Gasteiger partial charge on any atom is 1.00 e. The zero-order valence-electron chi connectivity index (χ0n) is 8.47. The van der Waals surface area contributed by atoms with Crippen molar-refractivity contribution < 1.29 is 73.9 Å². The van der Waals surface area contributed by atoms with Crippen LogP contribution in [0.5, 0.6) is 0 Å². The van der Waals surface area contributed by atoms with E-state index in [-0.39, 0.29) is 58.0 Å². The van der Waals surface area contributed by atoms with Crippen molar-refractivity contribution >= 4 is 12.9 Å². The summed E-state index contributed by atoms with van der Waals surface area (Å²) in [5, 5.41) is 0. The first-order chi connectivity index (χ1) is 5.89. The minimum Gasteiger partial charge on any atom is -0.466 e. The molecule has 1 rings (SSSR count). The van der Waals surface area contributed by atoms with Crippen molar-refractivity contribution in [2.45, 2.75) is 19.7 Å². The third kappa shape index (κ3) is 3.23. The van der Waals surface area contributed by atoms with Crippen LogP contribution in [0.25, 0.3) is 0 Å². The van der Waals surface area contributed by atoms with Crippen LogP contribution in [0.4, 0.5) is 12.9 Å². The zero-order chi connectivity index (χ0) is 10.2. The summed E-state index contributed by atoms with van der Waals surface area (Å²) in [6, 6.07) is 0. The fraction of sp³-hybridized carbons (Fsp3) is 0.857. The van der Waals surface area contributed by atoms with Gasteiger partial charge in [0, 0.05) is 5.92 Å². The van der Waals surface area contributed by atoms with Crippen molar-refractivity contribution in [1.82, 2.24) is 0 Å². The van der Waals surface area contributed by atoms with E-state index in [1.807, 2.05) is 0 Å². The van der Waals surface area contributed by atoms with Crippen LogP contribution < -0.4 is 51.4 Å². The predicted octanol–water partition coefficient (Wildman–Crippen LogP) is -0.963. The number of carbonyl (C=O) groups is 1. The predicted molar refractivity (Wildman–Crippen MR) is 42.1 cm³/mol. The molecule has 1 aliphatic carbocycles. The number of hydrogen-bond donors (Lipinski definition) is 0. The Morgan fingerprint density at radius 1 is 1.43 bits per heavy atom. The van der Waals surface area contributed by atoms with Crippen LogP contribution in [0.15, 0.2) is 0 Å². The van der Waals surface area contributed by atoms with Crippen LogP contribution in [0.1, 0.15) is 13.8 Å². The summed E-state index contributed by atoms with van der Waals surface area (Å²) in [4.78, 5) is 11.0. The van der Waals surface area contributed by atoms with Crippen LogP contribution in [0.3, 0.4) is 0 Å². The zero-order valence-corrected chi connectivity index (χ0v) is 11.6. The van der Waals surface area contributed by atoms with Crippen molar-refractivity contribution in [3.8, 4) is 0 Å². The molecule has 2 nitrogen and oxygen atoms in total. The van der Waals surface area contributed by atoms with Gasteiger partial charge in [-0.25, -0.2) is 0 Å². The van der Waals surface area contributed by atoms with E-state index in [4.69, 9.17) is 0 Å². The molecule has 3 atom stereocenters. The Morgan fingerprint density at radius 3 is 2.21 bits per heavy atom. The van der Waals surface area contributed by atoms with Gasteiger partial charge in [0.15, 0.2) is 0 Å². The normalized spacial score (nSPS) is 30.5. The summed E-state index contributed by atoms with van der Waals surface area (Å²) in [5.41, 5.74) is 0. The van der Waals surface area contributed by atoms with E-state index in [0.29, 0.717) is 0 Å². The first kappa shape index (κ1) is 15.0. The van der Waals surface area contributed by atoms with Crippen molar-refractivity contribution in [3.05, 3.63) is 0 Å². The van der Waals surface area contributed by atoms with E-state index >= 15 is 0 Å². The minimum absolute atomic E-state index is 0. The van der Waals surface area contributed by atoms with Crippen LogP contribution in [0.2, 0.25) is 5.82 Å². The SMILES string of the molecule is CCOC(=O)C1C(C)C1[B-](F)(F)F.[K+]. The van der Waals surface area contributed by atoms with Gasteiger partial charge in [-0.2, -0.15) is 0 Å². The summed E-state index contributed by atoms with van der Waals surface area (Å²) in [5.74, 6) is -3.68. The topological polar surface area (TPSA) is 26.3 Å². The molecule has 0 N–H and O–H groups in total. The standard InChI is InChI=1S/C7H11BF3O2.K/c1-3-13-7(12)5-4(2)6(5)8(9,10)11;/h4-6H,3H2,1-2H3;/q-1;+1. The summed E-state index contributed by atoms with van der Waals surface area (Å²) < 4.78 is 41.1. The van der Waals surface area contributed by atoms with Gasteiger partial charge in [0.1, 0.15) is 0 Å². The number of rotatable bonds is 3. The molecule has 0 aromatic heterocycles. The smallest absolute Gasteiger partial charge is 0.466 e. The molecular weight excluding hydrogens is 223 g/mol. The van der Waals surface area contributed by atoms with Gasteiger partial charge in [-0.15, -0.1) is 0 Å². The average Bonchev–Trinajstić information content (AvgIpc) is 2.60. The molecule has 0 saturated heterocycles. The number of ether oxygens (including phenoxy) is 1. The summed E-state index contributed by atoms with van der Waals surface area (Å²) in [6.45, 7) is -1.73. The molecule has 3 unspecified atom stereocenters. The van der Waals surface area contributed by atoms with E-state index in [1.54, 1.807) is 6.92 Å². The third-order valence-electron chi connectivity index (χ3n) is 2.44. The summed E-state index contributed by atoms with van der Waals surface area (Å²) in [6.07, 6.45) is 0. The molecule has 0 heterocycles. The summed E-state index contributed by atoms with van der Waals surface area (Å²) in [7, 11) is 0. The molecule has 0 radical (unpaired) electrons. The van der Waals surface area contributed by atoms with E-state index < -0.39 is 30.6 Å². The van der Waals surface area contributed by atoms with Gasteiger partial charge < -0.3 is 17.7 Å². The van der Waals surface area contributed by atoms with Crippen molar-refractivity contribution in [2.24, 2.45) is 11.8 Å². The fourth-order valence-corrected chi connectivity index (χ4v) is 1.68. The molecule has 0 spiro atoms. The minimum atomic E-state index is -4.89. The molecule has 14 heavy (non-hydrogen) atoms. The van der Waals surface area contributed by atoms with Gasteiger partial charge in [0.05, 0.1) is 6.61 Å². The Kier molecular flexibility index (Phi) is 5.70. The van der Waals surface area contributed by atoms with E-state index in [9.17, 15) is 17.7 Å². The third-order valence-corrected chi connectivity index (χ3v) is 2.44. The summed E-state index contributed by atoms with van der Waals surface area (Å²) >= 11 is 0. The van der Waals surface area contributed by atoms with Crippen LogP contribution >= 0.6 is 0 Å². The molecule has 0 bridgehead atoms. The Balaban J connectivity index is 0.00000169. The van der Waals surface area contributed by atoms with Gasteiger partial charge >= 0.3 is 64.3 Å². The van der Waals surface area contributed by atoms with Gasteiger partial charge in [-0.3, -0.25) is 4.79 Å². The maximum atomic E-state index is 12.2. The van der Waals surface area contributed by atoms with Crippen molar-refractivity contribution in [2.75, 3.05) is 6.61 Å². The number of halogens is 3. The van der Waals surface area contributed by atoms with Gasteiger partial charge in [0.25, 0.3) is 0 Å². The molecular formula is C7H11BF3KO2. The molecule has 1 aliphatic rings. The second kappa shape index (κ2) is 5.34. The van der Waals surface area contributed by atoms with Crippen molar-refractivity contribution in [1.29, 1.82) is 0 Å². The molecule has 0 amide bonds. The Bertz CT molecular complexity index is 221. The van der Waals surface area contributed by atoms with Crippen LogP contribution in [-0.2, 0) is 9.53 Å². The maximum absolute atomic E-state index is 12.2. The first-order valence-electron chi connectivity index (χ1n) is 4.26. The largest absolute Gasteiger partial charge is 1.00 e. The monoisotopic (exact) mass is 234 g/mol.